The number of nitrogens with two attached hydrogens (primary N) is 1. The Morgan fingerprint density at radius 1 is 1.43 bits per heavy atom. The van der Waals surface area contributed by atoms with Gasteiger partial charge in [-0.2, -0.15) is 0 Å². The van der Waals surface area contributed by atoms with E-state index in [4.69, 9.17) is 29.0 Å². The third kappa shape index (κ3) is 2.77. The molecular weight excluding hydrogens is 225 g/mol. The molecule has 0 spiro atoms. The number of anilines is 1. The molecule has 1 aromatic carbocycles. The highest BCUT2D eigenvalue weighted by Crippen LogP contribution is 2.24. The molecule has 1 rings (SSSR count). The lowest BCUT2D eigenvalue weighted by Gasteiger charge is -2.11. The third-order valence-electron chi connectivity index (χ3n) is 1.49. The monoisotopic (exact) mass is 233 g/mol. The molecule has 0 saturated carbocycles. The molecule has 0 bridgehead atoms. The van der Waals surface area contributed by atoms with Crippen LogP contribution in [-0.2, 0) is 0 Å². The molecule has 0 aliphatic heterocycles. The number of halogens is 2. The summed E-state index contributed by atoms with van der Waals surface area (Å²) >= 11 is 11.4. The largest absolute Gasteiger partial charge is 0.335 e. The maximum Gasteiger partial charge on any atom is 0.335 e. The van der Waals surface area contributed by atoms with Crippen LogP contribution in [0.15, 0.2) is 18.2 Å². The number of carbonyl (C=O) groups excluding carboxylic acids is 1. The van der Waals surface area contributed by atoms with Crippen LogP contribution in [-0.4, -0.2) is 18.1 Å². The van der Waals surface area contributed by atoms with Gasteiger partial charge in [0, 0.05) is 12.7 Å². The molecule has 2 amide bonds. The Bertz CT molecular complexity index is 354. The van der Waals surface area contributed by atoms with Crippen LogP contribution in [0.4, 0.5) is 10.5 Å². The van der Waals surface area contributed by atoms with Gasteiger partial charge in [0.25, 0.3) is 0 Å². The average Bonchev–Trinajstić information content (AvgIpc) is 2.11. The Labute approximate surface area is 91.5 Å². The Kier molecular flexibility index (Phi) is 3.57. The summed E-state index contributed by atoms with van der Waals surface area (Å²) in [7, 11) is 1.44. The molecule has 0 unspecified atom stereocenters. The van der Waals surface area contributed by atoms with Crippen LogP contribution >= 0.6 is 23.2 Å². The standard InChI is InChI=1S/C8H9Cl2N3O/c1-13(11)8(14)12-5-2-3-6(9)7(10)4-5/h2-4H,11H2,1H3,(H,12,14). The van der Waals surface area contributed by atoms with Crippen molar-refractivity contribution in [3.63, 3.8) is 0 Å². The summed E-state index contributed by atoms with van der Waals surface area (Å²) in [6.07, 6.45) is 0. The quantitative estimate of drug-likeness (QED) is 0.445. The van der Waals surface area contributed by atoms with E-state index in [9.17, 15) is 4.79 Å². The number of nitrogens with one attached hydrogen (secondary N) is 1. The molecule has 0 aliphatic carbocycles. The van der Waals surface area contributed by atoms with E-state index >= 15 is 0 Å². The van der Waals surface area contributed by atoms with E-state index in [1.54, 1.807) is 18.2 Å². The molecule has 0 radical (unpaired) electrons. The number of rotatable bonds is 1. The van der Waals surface area contributed by atoms with Crippen molar-refractivity contribution in [2.24, 2.45) is 5.84 Å². The fraction of sp³-hybridized carbons (Fsp3) is 0.125. The van der Waals surface area contributed by atoms with E-state index in [2.05, 4.69) is 5.32 Å². The first kappa shape index (κ1) is 11.1. The molecule has 0 aromatic heterocycles. The molecule has 4 nitrogen and oxygen atoms in total. The number of hydrogen-bond acceptors (Lipinski definition) is 2. The lowest BCUT2D eigenvalue weighted by atomic mass is 10.3. The average molecular weight is 234 g/mol. The summed E-state index contributed by atoms with van der Waals surface area (Å²) in [4.78, 5) is 11.1. The maximum atomic E-state index is 11.1. The number of hydrogen-bond donors (Lipinski definition) is 2. The predicted molar refractivity (Wildman–Crippen MR) is 57.4 cm³/mol. The van der Waals surface area contributed by atoms with Crippen LogP contribution in [0, 0.1) is 0 Å². The molecule has 1 aromatic rings. The van der Waals surface area contributed by atoms with Crippen molar-refractivity contribution in [1.82, 2.24) is 5.01 Å². The maximum absolute atomic E-state index is 11.1. The first-order valence-corrected chi connectivity index (χ1v) is 4.51. The highest BCUT2D eigenvalue weighted by atomic mass is 35.5. The van der Waals surface area contributed by atoms with Crippen molar-refractivity contribution in [2.75, 3.05) is 12.4 Å². The summed E-state index contributed by atoms with van der Waals surface area (Å²) in [5.74, 6) is 5.21. The van der Waals surface area contributed by atoms with Crippen LogP contribution in [0.5, 0.6) is 0 Å². The van der Waals surface area contributed by atoms with Gasteiger partial charge in [0.1, 0.15) is 0 Å². The highest BCUT2D eigenvalue weighted by Gasteiger charge is 2.05. The Balaban J connectivity index is 2.78. The molecule has 0 saturated heterocycles. The summed E-state index contributed by atoms with van der Waals surface area (Å²) in [6.45, 7) is 0. The molecular formula is C8H9Cl2N3O. The minimum Gasteiger partial charge on any atom is -0.307 e. The lowest BCUT2D eigenvalue weighted by Crippen LogP contribution is -2.36. The first-order chi connectivity index (χ1) is 6.50. The van der Waals surface area contributed by atoms with Gasteiger partial charge in [0.05, 0.1) is 10.0 Å². The number of amides is 2. The second kappa shape index (κ2) is 4.50. The zero-order chi connectivity index (χ0) is 10.7. The van der Waals surface area contributed by atoms with E-state index in [-0.39, 0.29) is 0 Å². The number of carbonyl (C=O) groups is 1. The summed E-state index contributed by atoms with van der Waals surface area (Å²) in [5, 5.41) is 4.28. The molecule has 14 heavy (non-hydrogen) atoms. The number of nitrogens with zero attached hydrogens (tertiary/aromatic N) is 1. The summed E-state index contributed by atoms with van der Waals surface area (Å²) in [6, 6.07) is 4.35. The zero-order valence-corrected chi connectivity index (χ0v) is 8.93. The van der Waals surface area contributed by atoms with Crippen LogP contribution in [0.25, 0.3) is 0 Å². The topological polar surface area (TPSA) is 58.4 Å². The lowest BCUT2D eigenvalue weighted by molar-refractivity contribution is 0.223. The van der Waals surface area contributed by atoms with E-state index in [0.717, 1.165) is 5.01 Å². The number of benzene rings is 1. The summed E-state index contributed by atoms with van der Waals surface area (Å²) < 4.78 is 0. The normalized spacial score (nSPS) is 9.71. The highest BCUT2D eigenvalue weighted by molar-refractivity contribution is 6.42. The Morgan fingerprint density at radius 3 is 2.57 bits per heavy atom. The SMILES string of the molecule is CN(N)C(=O)Nc1ccc(Cl)c(Cl)c1. The van der Waals surface area contributed by atoms with Crippen molar-refractivity contribution in [3.8, 4) is 0 Å². The van der Waals surface area contributed by atoms with Gasteiger partial charge in [-0.3, -0.25) is 5.01 Å². The molecule has 0 atom stereocenters. The van der Waals surface area contributed by atoms with Gasteiger partial charge in [-0.1, -0.05) is 23.2 Å². The van der Waals surface area contributed by atoms with Crippen molar-refractivity contribution in [1.29, 1.82) is 0 Å². The number of hydrazine groups is 1. The summed E-state index contributed by atoms with van der Waals surface area (Å²) in [5.41, 5.74) is 0.543. The van der Waals surface area contributed by atoms with Gasteiger partial charge < -0.3 is 5.32 Å². The smallest absolute Gasteiger partial charge is 0.307 e. The van der Waals surface area contributed by atoms with Crippen LogP contribution in [0.2, 0.25) is 10.0 Å². The van der Waals surface area contributed by atoms with Crippen molar-refractivity contribution < 1.29 is 4.79 Å². The van der Waals surface area contributed by atoms with Crippen LogP contribution in [0.3, 0.4) is 0 Å². The molecule has 3 N–H and O–H groups in total. The van der Waals surface area contributed by atoms with Crippen LogP contribution in [0.1, 0.15) is 0 Å². The van der Waals surface area contributed by atoms with E-state index in [1.807, 2.05) is 0 Å². The molecule has 0 fully saturated rings. The van der Waals surface area contributed by atoms with Gasteiger partial charge in [-0.05, 0) is 18.2 Å². The minimum atomic E-state index is -0.427. The van der Waals surface area contributed by atoms with Crippen molar-refractivity contribution >= 4 is 34.9 Å². The first-order valence-electron chi connectivity index (χ1n) is 3.75. The predicted octanol–water partition coefficient (Wildman–Crippen LogP) is 2.33. The third-order valence-corrected chi connectivity index (χ3v) is 2.23. The van der Waals surface area contributed by atoms with E-state index in [1.165, 1.54) is 7.05 Å². The van der Waals surface area contributed by atoms with Gasteiger partial charge in [0.2, 0.25) is 0 Å². The molecule has 6 heteroatoms. The van der Waals surface area contributed by atoms with Crippen molar-refractivity contribution in [3.05, 3.63) is 28.2 Å². The van der Waals surface area contributed by atoms with E-state index < -0.39 is 6.03 Å². The second-order valence-electron chi connectivity index (χ2n) is 2.67. The second-order valence-corrected chi connectivity index (χ2v) is 3.48. The molecule has 0 aliphatic rings. The van der Waals surface area contributed by atoms with Gasteiger partial charge in [-0.25, -0.2) is 10.6 Å². The van der Waals surface area contributed by atoms with Crippen molar-refractivity contribution in [2.45, 2.75) is 0 Å². The van der Waals surface area contributed by atoms with Crippen LogP contribution < -0.4 is 11.2 Å². The molecule has 0 heterocycles. The minimum absolute atomic E-state index is 0.379. The number of urea groups is 1. The van der Waals surface area contributed by atoms with Gasteiger partial charge in [0.15, 0.2) is 0 Å². The molecule has 76 valence electrons. The van der Waals surface area contributed by atoms with Gasteiger partial charge >= 0.3 is 6.03 Å². The van der Waals surface area contributed by atoms with Gasteiger partial charge in [-0.15, -0.1) is 0 Å². The Hall–Kier alpha value is -0.970. The fourth-order valence-electron chi connectivity index (χ4n) is 0.786. The Morgan fingerprint density at radius 2 is 2.07 bits per heavy atom. The fourth-order valence-corrected chi connectivity index (χ4v) is 1.08. The van der Waals surface area contributed by atoms with E-state index in [0.29, 0.717) is 15.7 Å². The zero-order valence-electron chi connectivity index (χ0n) is 7.42.